The van der Waals surface area contributed by atoms with Crippen molar-refractivity contribution >= 4 is 79.6 Å². The van der Waals surface area contributed by atoms with Gasteiger partial charge in [0.25, 0.3) is 11.8 Å². The normalized spacial score (nSPS) is 19.8. The molecule has 0 radical (unpaired) electrons. The van der Waals surface area contributed by atoms with Crippen LogP contribution in [-0.4, -0.2) is 30.3 Å². The van der Waals surface area contributed by atoms with Gasteiger partial charge in [-0.3, -0.25) is 9.59 Å². The van der Waals surface area contributed by atoms with Gasteiger partial charge in [-0.05, 0) is 87.2 Å². The van der Waals surface area contributed by atoms with Crippen LogP contribution in [0, 0.1) is 10.7 Å². The molecule has 0 spiro atoms. The Morgan fingerprint density at radius 2 is 1.57 bits per heavy atom. The zero-order chi connectivity index (χ0) is 17.5. The van der Waals surface area contributed by atoms with Crippen molar-refractivity contribution < 1.29 is 19.1 Å². The van der Waals surface area contributed by atoms with E-state index in [0.717, 1.165) is 12.7 Å². The van der Waals surface area contributed by atoms with Crippen LogP contribution in [0.3, 0.4) is 0 Å². The van der Waals surface area contributed by atoms with Crippen LogP contribution in [0.15, 0.2) is 0 Å². The lowest BCUT2D eigenvalue weighted by molar-refractivity contribution is -0.138. The fourth-order valence-electron chi connectivity index (χ4n) is 2.42. The van der Waals surface area contributed by atoms with Gasteiger partial charge in [0, 0.05) is 17.1 Å². The van der Waals surface area contributed by atoms with E-state index < -0.39 is 17.6 Å². The molecule has 1 aromatic rings. The summed E-state index contributed by atoms with van der Waals surface area (Å²) in [5.41, 5.74) is 12.5. The fraction of sp³-hybridized carbons (Fsp3) is 0.429. The molecule has 0 saturated carbocycles. The summed E-state index contributed by atoms with van der Waals surface area (Å²) >= 11 is 6.11. The zero-order valence-corrected chi connectivity index (χ0v) is 18.9. The molecule has 4 N–H and O–H groups in total. The van der Waals surface area contributed by atoms with Crippen LogP contribution in [-0.2, 0) is 15.9 Å². The van der Waals surface area contributed by atoms with Gasteiger partial charge in [0.1, 0.15) is 0 Å². The monoisotopic (exact) mass is 656 g/mol. The SMILES string of the molecule is CC1(C)OCC(Cc2c(I)c(C(N)=O)c(I)c(C(N)=O)c2I)O1. The first-order chi connectivity index (χ1) is 10.5. The fourth-order valence-corrected chi connectivity index (χ4v) is 7.09. The molecule has 23 heavy (non-hydrogen) atoms. The lowest BCUT2D eigenvalue weighted by atomic mass is 10.0. The number of ether oxygens (including phenoxy) is 2. The van der Waals surface area contributed by atoms with Crippen LogP contribution in [0.2, 0.25) is 0 Å². The number of hydrogen-bond donors (Lipinski definition) is 2. The van der Waals surface area contributed by atoms with Gasteiger partial charge >= 0.3 is 0 Å². The van der Waals surface area contributed by atoms with E-state index in [9.17, 15) is 9.59 Å². The quantitative estimate of drug-likeness (QED) is 0.487. The molecule has 1 unspecified atom stereocenters. The molecule has 1 atom stereocenters. The number of benzene rings is 1. The average molecular weight is 656 g/mol. The summed E-state index contributed by atoms with van der Waals surface area (Å²) in [6.07, 6.45) is 0.353. The summed E-state index contributed by atoms with van der Waals surface area (Å²) in [7, 11) is 0. The Kier molecular flexibility index (Phi) is 6.18. The van der Waals surface area contributed by atoms with Crippen molar-refractivity contribution in [1.82, 2.24) is 0 Å². The number of rotatable bonds is 4. The summed E-state index contributed by atoms with van der Waals surface area (Å²) in [6.45, 7) is 4.14. The number of hydrogen-bond acceptors (Lipinski definition) is 4. The van der Waals surface area contributed by atoms with E-state index in [1.165, 1.54) is 0 Å². The third kappa shape index (κ3) is 4.10. The zero-order valence-electron chi connectivity index (χ0n) is 12.4. The standard InChI is InChI=1S/C14H15I3N2O4/c1-14(2)22-4-5(23-14)3-6-9(15)7(12(18)20)11(17)8(10(6)16)13(19)21/h5H,3-4H2,1-2H3,(H2,18,20)(H2,19,21). The van der Waals surface area contributed by atoms with Crippen molar-refractivity contribution in [3.05, 3.63) is 27.4 Å². The highest BCUT2D eigenvalue weighted by Gasteiger charge is 2.34. The Bertz CT molecular complexity index is 650. The predicted molar refractivity (Wildman–Crippen MR) is 110 cm³/mol. The van der Waals surface area contributed by atoms with Crippen LogP contribution in [0.4, 0.5) is 0 Å². The molecule has 126 valence electrons. The second-order valence-electron chi connectivity index (χ2n) is 5.55. The highest BCUT2D eigenvalue weighted by molar-refractivity contribution is 14.1. The molecule has 1 aliphatic heterocycles. The third-order valence-electron chi connectivity index (χ3n) is 3.40. The van der Waals surface area contributed by atoms with Gasteiger partial charge in [-0.2, -0.15) is 0 Å². The Labute approximate surface area is 174 Å². The summed E-state index contributed by atoms with van der Waals surface area (Å²) < 4.78 is 13.3. The van der Waals surface area contributed by atoms with Crippen LogP contribution in [0.5, 0.6) is 0 Å². The molecule has 1 heterocycles. The van der Waals surface area contributed by atoms with E-state index in [4.69, 9.17) is 20.9 Å². The Hall–Kier alpha value is 0.270. The van der Waals surface area contributed by atoms with E-state index >= 15 is 0 Å². The molecule has 0 aliphatic carbocycles. The van der Waals surface area contributed by atoms with Crippen molar-refractivity contribution in [3.8, 4) is 0 Å². The largest absolute Gasteiger partial charge is 0.366 e. The number of carbonyl (C=O) groups is 2. The minimum Gasteiger partial charge on any atom is -0.366 e. The molecule has 6 nitrogen and oxygen atoms in total. The number of halogens is 3. The first-order valence-electron chi connectivity index (χ1n) is 6.66. The van der Waals surface area contributed by atoms with Gasteiger partial charge in [-0.25, -0.2) is 0 Å². The van der Waals surface area contributed by atoms with Gasteiger partial charge in [0.15, 0.2) is 5.79 Å². The molecule has 2 amide bonds. The van der Waals surface area contributed by atoms with Crippen molar-refractivity contribution in [2.75, 3.05) is 6.61 Å². The van der Waals surface area contributed by atoms with E-state index in [2.05, 4.69) is 45.2 Å². The van der Waals surface area contributed by atoms with E-state index in [1.54, 1.807) is 0 Å². The van der Waals surface area contributed by atoms with Crippen molar-refractivity contribution in [1.29, 1.82) is 0 Å². The van der Waals surface area contributed by atoms with Gasteiger partial charge in [0.05, 0.1) is 23.8 Å². The van der Waals surface area contributed by atoms with Gasteiger partial charge < -0.3 is 20.9 Å². The maximum Gasteiger partial charge on any atom is 0.250 e. The van der Waals surface area contributed by atoms with E-state index in [0.29, 0.717) is 27.7 Å². The molecule has 1 aliphatic rings. The Morgan fingerprint density at radius 3 is 1.91 bits per heavy atom. The van der Waals surface area contributed by atoms with Crippen molar-refractivity contribution in [3.63, 3.8) is 0 Å². The molecule has 9 heteroatoms. The number of carbonyl (C=O) groups excluding carboxylic acids is 2. The predicted octanol–water partition coefficient (Wildman–Crippen LogP) is 2.39. The van der Waals surface area contributed by atoms with Crippen LogP contribution in [0.25, 0.3) is 0 Å². The number of amides is 2. The molecule has 1 fully saturated rings. The molecular weight excluding hydrogens is 641 g/mol. The maximum atomic E-state index is 11.8. The Balaban J connectivity index is 2.54. The number of primary amides is 2. The molecular formula is C14H15I3N2O4. The van der Waals surface area contributed by atoms with E-state index in [1.807, 2.05) is 36.4 Å². The lowest BCUT2D eigenvalue weighted by Crippen LogP contribution is -2.26. The average Bonchev–Trinajstić information content (AvgIpc) is 2.73. The molecule has 1 aromatic carbocycles. The molecule has 2 rings (SSSR count). The maximum absolute atomic E-state index is 11.8. The summed E-state index contributed by atoms with van der Waals surface area (Å²) in [5.74, 6) is -1.80. The highest BCUT2D eigenvalue weighted by atomic mass is 127. The summed E-state index contributed by atoms with van der Waals surface area (Å²) in [4.78, 5) is 23.6. The van der Waals surface area contributed by atoms with Crippen molar-refractivity contribution in [2.24, 2.45) is 11.5 Å². The van der Waals surface area contributed by atoms with Gasteiger partial charge in [-0.1, -0.05) is 0 Å². The molecule has 0 aromatic heterocycles. The van der Waals surface area contributed by atoms with Gasteiger partial charge in [-0.15, -0.1) is 0 Å². The second kappa shape index (κ2) is 7.25. The first-order valence-corrected chi connectivity index (χ1v) is 9.89. The smallest absolute Gasteiger partial charge is 0.250 e. The Morgan fingerprint density at radius 1 is 1.09 bits per heavy atom. The molecule has 1 saturated heterocycles. The second-order valence-corrected chi connectivity index (χ2v) is 8.79. The minimum atomic E-state index is -0.635. The van der Waals surface area contributed by atoms with Crippen LogP contribution < -0.4 is 11.5 Å². The summed E-state index contributed by atoms with van der Waals surface area (Å²) in [6, 6.07) is 0. The van der Waals surface area contributed by atoms with Crippen LogP contribution in [0.1, 0.15) is 40.1 Å². The molecule has 0 bridgehead atoms. The lowest BCUT2D eigenvalue weighted by Gasteiger charge is -2.20. The minimum absolute atomic E-state index is 0.159. The van der Waals surface area contributed by atoms with Gasteiger partial charge in [0.2, 0.25) is 0 Å². The summed E-state index contributed by atoms with van der Waals surface area (Å²) in [5, 5.41) is 0. The highest BCUT2D eigenvalue weighted by Crippen LogP contribution is 2.34. The number of nitrogens with two attached hydrogens (primary N) is 2. The topological polar surface area (TPSA) is 105 Å². The van der Waals surface area contributed by atoms with Crippen molar-refractivity contribution in [2.45, 2.75) is 32.2 Å². The third-order valence-corrected chi connectivity index (χ3v) is 6.86. The first kappa shape index (κ1) is 19.6. The van der Waals surface area contributed by atoms with E-state index in [-0.39, 0.29) is 6.10 Å². The van der Waals surface area contributed by atoms with Crippen LogP contribution >= 0.6 is 67.8 Å².